The number of aryl methyl sites for hydroxylation is 1. The van der Waals surface area contributed by atoms with Crippen LogP contribution in [0.5, 0.6) is 0 Å². The summed E-state index contributed by atoms with van der Waals surface area (Å²) < 4.78 is 0. The molecule has 1 N–H and O–H groups in total. The van der Waals surface area contributed by atoms with Crippen LogP contribution in [0.1, 0.15) is 42.9 Å². The molecule has 0 unspecified atom stereocenters. The number of carbonyl (C=O) groups is 1. The molecule has 1 amide bonds. The van der Waals surface area contributed by atoms with Crippen LogP contribution in [0.3, 0.4) is 0 Å². The number of hydrogen-bond acceptors (Lipinski definition) is 2. The highest BCUT2D eigenvalue weighted by Gasteiger charge is 2.22. The molecule has 0 aromatic carbocycles. The Hall–Kier alpha value is -0.830. The van der Waals surface area contributed by atoms with Gasteiger partial charge >= 0.3 is 0 Å². The van der Waals surface area contributed by atoms with Gasteiger partial charge in [0, 0.05) is 16.3 Å². The van der Waals surface area contributed by atoms with E-state index in [0.717, 1.165) is 5.56 Å². The zero-order valence-corrected chi connectivity index (χ0v) is 10.9. The molecule has 1 rings (SSSR count). The Bertz CT molecular complexity index is 349. The second-order valence-corrected chi connectivity index (χ2v) is 6.12. The van der Waals surface area contributed by atoms with Crippen LogP contribution in [0.4, 0.5) is 0 Å². The second-order valence-electron chi connectivity index (χ2n) is 5.01. The fourth-order valence-corrected chi connectivity index (χ4v) is 1.74. The maximum atomic E-state index is 11.8. The Morgan fingerprint density at radius 2 is 2.07 bits per heavy atom. The number of thiophene rings is 1. The molecule has 0 radical (unpaired) electrons. The molecule has 0 aliphatic rings. The Kier molecular flexibility index (Phi) is 3.55. The summed E-state index contributed by atoms with van der Waals surface area (Å²) in [7, 11) is 0. The minimum atomic E-state index is 0.0294. The fraction of sp³-hybridized carbons (Fsp3) is 0.583. The molecule has 3 heteroatoms. The fourth-order valence-electron chi connectivity index (χ4n) is 1.06. The van der Waals surface area contributed by atoms with E-state index in [2.05, 4.69) is 26.1 Å². The van der Waals surface area contributed by atoms with Gasteiger partial charge < -0.3 is 5.32 Å². The molecule has 1 aromatic heterocycles. The maximum Gasteiger partial charge on any atom is 0.252 e. The largest absolute Gasteiger partial charge is 0.349 e. The van der Waals surface area contributed by atoms with Gasteiger partial charge in [-0.25, -0.2) is 0 Å². The summed E-state index contributed by atoms with van der Waals surface area (Å²) in [4.78, 5) is 13.0. The van der Waals surface area contributed by atoms with Gasteiger partial charge in [0.1, 0.15) is 0 Å². The van der Waals surface area contributed by atoms with Crippen molar-refractivity contribution in [2.24, 2.45) is 5.41 Å². The van der Waals surface area contributed by atoms with Crippen molar-refractivity contribution in [2.75, 3.05) is 0 Å². The van der Waals surface area contributed by atoms with E-state index in [4.69, 9.17) is 0 Å². The van der Waals surface area contributed by atoms with E-state index in [1.807, 2.05) is 25.3 Å². The minimum absolute atomic E-state index is 0.0294. The van der Waals surface area contributed by atoms with Gasteiger partial charge in [-0.2, -0.15) is 0 Å². The van der Waals surface area contributed by atoms with Crippen molar-refractivity contribution in [3.8, 4) is 0 Å². The van der Waals surface area contributed by atoms with Crippen LogP contribution in [0, 0.1) is 12.3 Å². The summed E-state index contributed by atoms with van der Waals surface area (Å²) in [5.74, 6) is 0.0294. The third-order valence-electron chi connectivity index (χ3n) is 2.64. The first-order valence-electron chi connectivity index (χ1n) is 5.16. The first kappa shape index (κ1) is 12.2. The third kappa shape index (κ3) is 3.34. The number of nitrogens with one attached hydrogen (secondary N) is 1. The SMILES string of the molecule is Cc1cc(C(=O)N[C@H](C)C(C)(C)C)cs1. The molecule has 0 saturated heterocycles. The summed E-state index contributed by atoms with van der Waals surface area (Å²) in [6.07, 6.45) is 0. The standard InChI is InChI=1S/C12H19NOS/c1-8-6-10(7-15-8)11(14)13-9(2)12(3,4)5/h6-7,9H,1-5H3,(H,13,14)/t9-/m1/s1. The van der Waals surface area contributed by atoms with Gasteiger partial charge in [-0.05, 0) is 25.3 Å². The van der Waals surface area contributed by atoms with Crippen molar-refractivity contribution in [3.05, 3.63) is 21.9 Å². The van der Waals surface area contributed by atoms with Crippen LogP contribution in [-0.4, -0.2) is 11.9 Å². The quantitative estimate of drug-likeness (QED) is 0.822. The average Bonchev–Trinajstić information content (AvgIpc) is 2.50. The molecule has 1 aromatic rings. The zero-order chi connectivity index (χ0) is 11.6. The Morgan fingerprint density at radius 1 is 1.47 bits per heavy atom. The first-order valence-corrected chi connectivity index (χ1v) is 6.04. The predicted octanol–water partition coefficient (Wildman–Crippen LogP) is 3.22. The highest BCUT2D eigenvalue weighted by molar-refractivity contribution is 7.10. The van der Waals surface area contributed by atoms with E-state index >= 15 is 0 Å². The lowest BCUT2D eigenvalue weighted by atomic mass is 9.88. The predicted molar refractivity (Wildman–Crippen MR) is 65.4 cm³/mol. The molecule has 0 bridgehead atoms. The molecule has 0 spiro atoms. The number of amides is 1. The summed E-state index contributed by atoms with van der Waals surface area (Å²) >= 11 is 1.61. The van der Waals surface area contributed by atoms with Crippen LogP contribution < -0.4 is 5.32 Å². The van der Waals surface area contributed by atoms with Crippen molar-refractivity contribution >= 4 is 17.2 Å². The third-order valence-corrected chi connectivity index (χ3v) is 3.50. The summed E-state index contributed by atoms with van der Waals surface area (Å²) in [5.41, 5.74) is 0.870. The van der Waals surface area contributed by atoms with Crippen molar-refractivity contribution in [3.63, 3.8) is 0 Å². The van der Waals surface area contributed by atoms with Crippen molar-refractivity contribution in [2.45, 2.75) is 40.7 Å². The Morgan fingerprint density at radius 3 is 2.47 bits per heavy atom. The molecular weight excluding hydrogens is 206 g/mol. The van der Waals surface area contributed by atoms with Crippen molar-refractivity contribution in [1.29, 1.82) is 0 Å². The van der Waals surface area contributed by atoms with Crippen molar-refractivity contribution in [1.82, 2.24) is 5.32 Å². The zero-order valence-electron chi connectivity index (χ0n) is 10.0. The topological polar surface area (TPSA) is 29.1 Å². The molecule has 0 saturated carbocycles. The van der Waals surface area contributed by atoms with Gasteiger partial charge in [-0.1, -0.05) is 20.8 Å². The van der Waals surface area contributed by atoms with Crippen LogP contribution in [-0.2, 0) is 0 Å². The smallest absolute Gasteiger partial charge is 0.252 e. The van der Waals surface area contributed by atoms with Crippen LogP contribution in [0.25, 0.3) is 0 Å². The lowest BCUT2D eigenvalue weighted by Crippen LogP contribution is -2.41. The maximum absolute atomic E-state index is 11.8. The molecule has 84 valence electrons. The molecule has 0 aliphatic carbocycles. The number of carbonyl (C=O) groups excluding carboxylic acids is 1. The summed E-state index contributed by atoms with van der Waals surface area (Å²) in [6.45, 7) is 10.4. The molecule has 1 atom stereocenters. The van der Waals surface area contributed by atoms with Gasteiger partial charge in [-0.15, -0.1) is 11.3 Å². The van der Waals surface area contributed by atoms with E-state index in [1.54, 1.807) is 11.3 Å². The van der Waals surface area contributed by atoms with E-state index < -0.39 is 0 Å². The Balaban J connectivity index is 2.64. The van der Waals surface area contributed by atoms with Gasteiger partial charge in [0.15, 0.2) is 0 Å². The summed E-state index contributed by atoms with van der Waals surface area (Å²) in [5, 5.41) is 4.92. The minimum Gasteiger partial charge on any atom is -0.349 e. The average molecular weight is 225 g/mol. The van der Waals surface area contributed by atoms with Gasteiger partial charge in [0.25, 0.3) is 5.91 Å². The van der Waals surface area contributed by atoms with Gasteiger partial charge in [-0.3, -0.25) is 4.79 Å². The van der Waals surface area contributed by atoms with E-state index in [9.17, 15) is 4.79 Å². The van der Waals surface area contributed by atoms with E-state index in [1.165, 1.54) is 4.88 Å². The van der Waals surface area contributed by atoms with Gasteiger partial charge in [0.05, 0.1) is 5.56 Å². The number of rotatable bonds is 2. The molecule has 0 aliphatic heterocycles. The summed E-state index contributed by atoms with van der Waals surface area (Å²) in [6, 6.07) is 2.10. The normalized spacial score (nSPS) is 13.7. The van der Waals surface area contributed by atoms with Crippen LogP contribution in [0.15, 0.2) is 11.4 Å². The molecule has 0 fully saturated rings. The van der Waals surface area contributed by atoms with Crippen LogP contribution in [0.2, 0.25) is 0 Å². The highest BCUT2D eigenvalue weighted by Crippen LogP contribution is 2.19. The first-order chi connectivity index (χ1) is 6.80. The van der Waals surface area contributed by atoms with E-state index in [0.29, 0.717) is 0 Å². The molecule has 1 heterocycles. The molecule has 15 heavy (non-hydrogen) atoms. The number of hydrogen-bond donors (Lipinski definition) is 1. The highest BCUT2D eigenvalue weighted by atomic mass is 32.1. The molecular formula is C12H19NOS. The molecule has 2 nitrogen and oxygen atoms in total. The monoisotopic (exact) mass is 225 g/mol. The van der Waals surface area contributed by atoms with Gasteiger partial charge in [0.2, 0.25) is 0 Å². The lowest BCUT2D eigenvalue weighted by molar-refractivity contribution is 0.0910. The van der Waals surface area contributed by atoms with Crippen molar-refractivity contribution < 1.29 is 4.79 Å². The van der Waals surface area contributed by atoms with Crippen LogP contribution >= 0.6 is 11.3 Å². The van der Waals surface area contributed by atoms with E-state index in [-0.39, 0.29) is 17.4 Å². The lowest BCUT2D eigenvalue weighted by Gasteiger charge is -2.27. The Labute approximate surface area is 95.7 Å². The second kappa shape index (κ2) is 4.35.